The molecular weight excluding hydrogens is 338 g/mol. The summed E-state index contributed by atoms with van der Waals surface area (Å²) in [6, 6.07) is 13.1. The van der Waals surface area contributed by atoms with Crippen LogP contribution in [-0.4, -0.2) is 23.6 Å². The lowest BCUT2D eigenvalue weighted by atomic mass is 10.1. The van der Waals surface area contributed by atoms with Crippen LogP contribution in [0.4, 0.5) is 26.2 Å². The van der Waals surface area contributed by atoms with Gasteiger partial charge in [0, 0.05) is 12.7 Å². The number of nitrogens with zero attached hydrogens (tertiary/aromatic N) is 2. The molecule has 0 aliphatic heterocycles. The number of anilines is 3. The number of hydrogen-bond acceptors (Lipinski definition) is 5. The van der Waals surface area contributed by atoms with Gasteiger partial charge in [0.15, 0.2) is 0 Å². The zero-order valence-electron chi connectivity index (χ0n) is 14.2. The first-order chi connectivity index (χ1) is 12.7. The molecule has 0 aliphatic carbocycles. The molecule has 1 aromatic heterocycles. The van der Waals surface area contributed by atoms with Gasteiger partial charge in [0.2, 0.25) is 5.95 Å². The summed E-state index contributed by atoms with van der Waals surface area (Å²) in [6.07, 6.45) is 2.29. The first kappa shape index (κ1) is 17.6. The fourth-order valence-corrected chi connectivity index (χ4v) is 2.41. The molecule has 0 radical (unpaired) electrons. The van der Waals surface area contributed by atoms with E-state index >= 15 is 0 Å². The number of ether oxygens (including phenoxy) is 1. The molecule has 0 bridgehead atoms. The summed E-state index contributed by atoms with van der Waals surface area (Å²) in [7, 11) is 1.63. The van der Waals surface area contributed by atoms with E-state index in [4.69, 9.17) is 4.74 Å². The molecule has 3 aromatic rings. The topological polar surface area (TPSA) is 59.1 Å². The fraction of sp³-hybridized carbons (Fsp3) is 0.158. The second-order valence-corrected chi connectivity index (χ2v) is 5.52. The number of rotatable bonds is 7. The third kappa shape index (κ3) is 4.44. The van der Waals surface area contributed by atoms with Crippen molar-refractivity contribution in [1.82, 2.24) is 9.97 Å². The lowest BCUT2D eigenvalue weighted by Gasteiger charge is -2.10. The Bertz CT molecular complexity index is 869. The average Bonchev–Trinajstić information content (AvgIpc) is 2.65. The molecular formula is C19H18F2N4O. The Morgan fingerprint density at radius 3 is 2.58 bits per heavy atom. The van der Waals surface area contributed by atoms with Crippen LogP contribution < -0.4 is 15.4 Å². The first-order valence-corrected chi connectivity index (χ1v) is 8.06. The molecule has 0 atom stereocenters. The smallest absolute Gasteiger partial charge is 0.229 e. The highest BCUT2D eigenvalue weighted by molar-refractivity contribution is 5.56. The SMILES string of the molecule is COc1cccc(CCNc2ccnc(Nc3c(F)cccc3F)n2)c1. The zero-order valence-corrected chi connectivity index (χ0v) is 14.2. The van der Waals surface area contributed by atoms with Crippen molar-refractivity contribution in [2.75, 3.05) is 24.3 Å². The van der Waals surface area contributed by atoms with Gasteiger partial charge in [0.05, 0.1) is 7.11 Å². The van der Waals surface area contributed by atoms with Crippen LogP contribution in [0.25, 0.3) is 0 Å². The van der Waals surface area contributed by atoms with Gasteiger partial charge in [-0.1, -0.05) is 18.2 Å². The Labute approximate surface area is 150 Å². The molecule has 0 fully saturated rings. The summed E-state index contributed by atoms with van der Waals surface area (Å²) in [5.74, 6) is 0.0698. The normalized spacial score (nSPS) is 10.4. The number of para-hydroxylation sites is 1. The highest BCUT2D eigenvalue weighted by Gasteiger charge is 2.10. The van der Waals surface area contributed by atoms with E-state index in [1.807, 2.05) is 24.3 Å². The maximum absolute atomic E-state index is 13.7. The van der Waals surface area contributed by atoms with E-state index in [1.54, 1.807) is 13.2 Å². The molecule has 0 aliphatic rings. The van der Waals surface area contributed by atoms with Crippen LogP contribution in [0.1, 0.15) is 5.56 Å². The molecule has 2 aromatic carbocycles. The summed E-state index contributed by atoms with van der Waals surface area (Å²) in [5, 5.41) is 5.74. The fourth-order valence-electron chi connectivity index (χ4n) is 2.41. The molecule has 3 rings (SSSR count). The van der Waals surface area contributed by atoms with Crippen molar-refractivity contribution in [3.05, 3.63) is 71.9 Å². The third-order valence-electron chi connectivity index (χ3n) is 3.71. The lowest BCUT2D eigenvalue weighted by molar-refractivity contribution is 0.414. The van der Waals surface area contributed by atoms with Gasteiger partial charge in [-0.05, 0) is 42.3 Å². The number of nitrogens with one attached hydrogen (secondary N) is 2. The maximum Gasteiger partial charge on any atom is 0.229 e. The monoisotopic (exact) mass is 356 g/mol. The van der Waals surface area contributed by atoms with E-state index in [1.165, 1.54) is 24.4 Å². The Balaban J connectivity index is 1.62. The molecule has 0 amide bonds. The zero-order chi connectivity index (χ0) is 18.4. The third-order valence-corrected chi connectivity index (χ3v) is 3.71. The highest BCUT2D eigenvalue weighted by Crippen LogP contribution is 2.21. The lowest BCUT2D eigenvalue weighted by Crippen LogP contribution is -2.08. The molecule has 26 heavy (non-hydrogen) atoms. The molecule has 7 heteroatoms. The Morgan fingerprint density at radius 1 is 1.04 bits per heavy atom. The average molecular weight is 356 g/mol. The van der Waals surface area contributed by atoms with Crippen molar-refractivity contribution >= 4 is 17.5 Å². The van der Waals surface area contributed by atoms with Crippen molar-refractivity contribution in [2.24, 2.45) is 0 Å². The molecule has 2 N–H and O–H groups in total. The van der Waals surface area contributed by atoms with Gasteiger partial charge < -0.3 is 15.4 Å². The van der Waals surface area contributed by atoms with Crippen LogP contribution in [0.5, 0.6) is 5.75 Å². The van der Waals surface area contributed by atoms with Crippen LogP contribution >= 0.6 is 0 Å². The number of benzene rings is 2. The van der Waals surface area contributed by atoms with Crippen LogP contribution in [0, 0.1) is 11.6 Å². The summed E-state index contributed by atoms with van der Waals surface area (Å²) in [5.41, 5.74) is 0.846. The number of hydrogen-bond donors (Lipinski definition) is 2. The minimum atomic E-state index is -0.704. The summed E-state index contributed by atoms with van der Waals surface area (Å²) >= 11 is 0. The van der Waals surface area contributed by atoms with E-state index in [2.05, 4.69) is 20.6 Å². The van der Waals surface area contributed by atoms with Crippen LogP contribution in [0.2, 0.25) is 0 Å². The first-order valence-electron chi connectivity index (χ1n) is 8.06. The van der Waals surface area contributed by atoms with Gasteiger partial charge >= 0.3 is 0 Å². The van der Waals surface area contributed by atoms with Crippen molar-refractivity contribution in [3.63, 3.8) is 0 Å². The van der Waals surface area contributed by atoms with E-state index < -0.39 is 11.6 Å². The molecule has 134 valence electrons. The van der Waals surface area contributed by atoms with E-state index in [0.717, 1.165) is 17.7 Å². The van der Waals surface area contributed by atoms with Crippen LogP contribution in [0.15, 0.2) is 54.7 Å². The Morgan fingerprint density at radius 2 is 1.81 bits per heavy atom. The van der Waals surface area contributed by atoms with Gasteiger partial charge in [-0.3, -0.25) is 0 Å². The molecule has 1 heterocycles. The number of halogens is 2. The molecule has 0 saturated carbocycles. The van der Waals surface area contributed by atoms with Crippen LogP contribution in [-0.2, 0) is 6.42 Å². The standard InChI is InChI=1S/C19H18F2N4O/c1-26-14-5-2-4-13(12-14)8-10-22-17-9-11-23-19(24-17)25-18-15(20)6-3-7-16(18)21/h2-7,9,11-12H,8,10H2,1H3,(H2,22,23,24,25). The number of methoxy groups -OCH3 is 1. The quantitative estimate of drug-likeness (QED) is 0.666. The second-order valence-electron chi connectivity index (χ2n) is 5.52. The Kier molecular flexibility index (Phi) is 5.58. The van der Waals surface area contributed by atoms with Gasteiger partial charge in [-0.2, -0.15) is 4.98 Å². The second kappa shape index (κ2) is 8.24. The predicted octanol–water partition coefficient (Wildman–Crippen LogP) is 4.16. The van der Waals surface area contributed by atoms with E-state index in [0.29, 0.717) is 12.4 Å². The van der Waals surface area contributed by atoms with Gasteiger partial charge in [0.1, 0.15) is 28.9 Å². The van der Waals surface area contributed by atoms with Crippen LogP contribution in [0.3, 0.4) is 0 Å². The van der Waals surface area contributed by atoms with E-state index in [-0.39, 0.29) is 11.6 Å². The van der Waals surface area contributed by atoms with Gasteiger partial charge in [-0.15, -0.1) is 0 Å². The molecule has 0 spiro atoms. The highest BCUT2D eigenvalue weighted by atomic mass is 19.1. The van der Waals surface area contributed by atoms with Gasteiger partial charge in [-0.25, -0.2) is 13.8 Å². The summed E-state index contributed by atoms with van der Waals surface area (Å²) in [6.45, 7) is 0.637. The molecule has 0 unspecified atom stereocenters. The van der Waals surface area contributed by atoms with Gasteiger partial charge in [0.25, 0.3) is 0 Å². The minimum Gasteiger partial charge on any atom is -0.497 e. The van der Waals surface area contributed by atoms with Crippen molar-refractivity contribution in [3.8, 4) is 5.75 Å². The maximum atomic E-state index is 13.7. The van der Waals surface area contributed by atoms with E-state index in [9.17, 15) is 8.78 Å². The van der Waals surface area contributed by atoms with Crippen molar-refractivity contribution in [1.29, 1.82) is 0 Å². The summed E-state index contributed by atoms with van der Waals surface area (Å²) < 4.78 is 32.6. The van der Waals surface area contributed by atoms with Crippen molar-refractivity contribution in [2.45, 2.75) is 6.42 Å². The molecule has 0 saturated heterocycles. The molecule has 5 nitrogen and oxygen atoms in total. The summed E-state index contributed by atoms with van der Waals surface area (Å²) in [4.78, 5) is 8.22. The van der Waals surface area contributed by atoms with Crippen molar-refractivity contribution < 1.29 is 13.5 Å². The number of aromatic nitrogens is 2. The predicted molar refractivity (Wildman–Crippen MR) is 96.9 cm³/mol. The largest absolute Gasteiger partial charge is 0.497 e. The minimum absolute atomic E-state index is 0.111. The Hall–Kier alpha value is -3.22.